The number of rotatable bonds is 4. The van der Waals surface area contributed by atoms with Crippen LogP contribution in [0.15, 0.2) is 18.2 Å². The second-order valence-electron chi connectivity index (χ2n) is 3.36. The Hall–Kier alpha value is -2.55. The normalized spacial score (nSPS) is 9.17. The molecule has 2 N–H and O–H groups in total. The lowest BCUT2D eigenvalue weighted by Gasteiger charge is -2.05. The lowest BCUT2D eigenvalue weighted by molar-refractivity contribution is -0.385. The number of nitro benzene ring substituents is 1. The fourth-order valence-electron chi connectivity index (χ4n) is 1.32. The Morgan fingerprint density at radius 3 is 2.89 bits per heavy atom. The van der Waals surface area contributed by atoms with Gasteiger partial charge >= 0.3 is 5.69 Å². The van der Waals surface area contributed by atoms with E-state index in [1.165, 1.54) is 12.1 Å². The van der Waals surface area contributed by atoms with E-state index in [4.69, 9.17) is 0 Å². The number of phenols is 1. The first-order chi connectivity index (χ1) is 8.57. The predicted octanol–water partition coefficient (Wildman–Crippen LogP) is 1.44. The summed E-state index contributed by atoms with van der Waals surface area (Å²) in [5.74, 6) is 4.26. The molecule has 0 aliphatic heterocycles. The highest BCUT2D eigenvalue weighted by molar-refractivity contribution is 5.98. The summed E-state index contributed by atoms with van der Waals surface area (Å²) >= 11 is 0. The van der Waals surface area contributed by atoms with Crippen LogP contribution in [0.2, 0.25) is 0 Å². The lowest BCUT2D eigenvalue weighted by Crippen LogP contribution is -2.24. The Morgan fingerprint density at radius 2 is 2.28 bits per heavy atom. The maximum Gasteiger partial charge on any atom is 0.311 e. The summed E-state index contributed by atoms with van der Waals surface area (Å²) in [4.78, 5) is 21.5. The topological polar surface area (TPSA) is 92.5 Å². The van der Waals surface area contributed by atoms with Crippen LogP contribution in [-0.4, -0.2) is 22.5 Å². The highest BCUT2D eigenvalue weighted by Crippen LogP contribution is 2.28. The number of amides is 1. The monoisotopic (exact) mass is 248 g/mol. The number of benzene rings is 1. The molecular weight excluding hydrogens is 236 g/mol. The molecule has 18 heavy (non-hydrogen) atoms. The van der Waals surface area contributed by atoms with E-state index < -0.39 is 22.3 Å². The van der Waals surface area contributed by atoms with Crippen molar-refractivity contribution in [2.75, 3.05) is 6.54 Å². The van der Waals surface area contributed by atoms with Crippen molar-refractivity contribution in [3.63, 3.8) is 0 Å². The predicted molar refractivity (Wildman–Crippen MR) is 65.2 cm³/mol. The molecule has 0 aliphatic carbocycles. The highest BCUT2D eigenvalue weighted by Gasteiger charge is 2.20. The van der Waals surface area contributed by atoms with E-state index in [9.17, 15) is 20.0 Å². The first kappa shape index (κ1) is 13.5. The average molecular weight is 248 g/mol. The van der Waals surface area contributed by atoms with Crippen LogP contribution in [-0.2, 0) is 0 Å². The van der Waals surface area contributed by atoms with E-state index >= 15 is 0 Å². The number of aromatic hydroxyl groups is 1. The maximum absolute atomic E-state index is 11.7. The van der Waals surface area contributed by atoms with Gasteiger partial charge in [-0.1, -0.05) is 6.07 Å². The van der Waals surface area contributed by atoms with Crippen molar-refractivity contribution >= 4 is 11.6 Å². The minimum Gasteiger partial charge on any atom is -0.502 e. The zero-order valence-electron chi connectivity index (χ0n) is 9.77. The molecule has 1 aromatic rings. The molecule has 1 aromatic carbocycles. The third-order valence-electron chi connectivity index (χ3n) is 2.17. The largest absolute Gasteiger partial charge is 0.502 e. The number of phenolic OH excluding ortho intramolecular Hbond substituents is 1. The molecule has 94 valence electrons. The van der Waals surface area contributed by atoms with Gasteiger partial charge in [-0.25, -0.2) is 0 Å². The molecule has 1 amide bonds. The molecular formula is C12H12N2O4. The highest BCUT2D eigenvalue weighted by atomic mass is 16.6. The SMILES string of the molecule is CC#CCCNC(=O)c1cccc([N+](=O)[O-])c1O. The molecule has 0 heterocycles. The smallest absolute Gasteiger partial charge is 0.311 e. The second kappa shape index (κ2) is 6.25. The Balaban J connectivity index is 2.82. The zero-order valence-corrected chi connectivity index (χ0v) is 9.77. The first-order valence-electron chi connectivity index (χ1n) is 5.22. The molecule has 6 heteroatoms. The van der Waals surface area contributed by atoms with Crippen molar-refractivity contribution in [1.82, 2.24) is 5.32 Å². The molecule has 0 unspecified atom stereocenters. The summed E-state index contributed by atoms with van der Waals surface area (Å²) in [5.41, 5.74) is -0.607. The van der Waals surface area contributed by atoms with Gasteiger partial charge in [0, 0.05) is 19.0 Å². The van der Waals surface area contributed by atoms with Crippen LogP contribution in [0, 0.1) is 22.0 Å². The zero-order chi connectivity index (χ0) is 13.5. The summed E-state index contributed by atoms with van der Waals surface area (Å²) in [7, 11) is 0. The van der Waals surface area contributed by atoms with Crippen molar-refractivity contribution in [3.05, 3.63) is 33.9 Å². The molecule has 0 saturated heterocycles. The minimum atomic E-state index is -0.741. The second-order valence-corrected chi connectivity index (χ2v) is 3.36. The van der Waals surface area contributed by atoms with Gasteiger partial charge in [-0.2, -0.15) is 0 Å². The molecule has 0 spiro atoms. The molecule has 0 bridgehead atoms. The number of hydrogen-bond donors (Lipinski definition) is 2. The number of hydrogen-bond acceptors (Lipinski definition) is 4. The first-order valence-corrected chi connectivity index (χ1v) is 5.22. The number of para-hydroxylation sites is 1. The van der Waals surface area contributed by atoms with E-state index in [1.54, 1.807) is 6.92 Å². The molecule has 0 fully saturated rings. The van der Waals surface area contributed by atoms with Gasteiger partial charge in [0.2, 0.25) is 5.75 Å². The van der Waals surface area contributed by atoms with Gasteiger partial charge in [0.25, 0.3) is 5.91 Å². The van der Waals surface area contributed by atoms with Crippen molar-refractivity contribution in [3.8, 4) is 17.6 Å². The molecule has 0 atom stereocenters. The summed E-state index contributed by atoms with van der Waals surface area (Å²) in [5, 5.41) is 22.7. The molecule has 0 aliphatic rings. The number of carbonyl (C=O) groups excluding carboxylic acids is 1. The number of carbonyl (C=O) groups is 1. The van der Waals surface area contributed by atoms with Crippen LogP contribution in [0.25, 0.3) is 0 Å². The van der Waals surface area contributed by atoms with Crippen molar-refractivity contribution in [1.29, 1.82) is 0 Å². The van der Waals surface area contributed by atoms with E-state index in [0.29, 0.717) is 13.0 Å². The van der Waals surface area contributed by atoms with Gasteiger partial charge < -0.3 is 10.4 Å². The number of nitrogens with one attached hydrogen (secondary N) is 1. The minimum absolute atomic E-state index is 0.117. The van der Waals surface area contributed by atoms with Crippen LogP contribution >= 0.6 is 0 Å². The van der Waals surface area contributed by atoms with Gasteiger partial charge in [-0.15, -0.1) is 11.8 Å². The van der Waals surface area contributed by atoms with E-state index in [2.05, 4.69) is 17.2 Å². The Bertz CT molecular complexity index is 529. The fraction of sp³-hybridized carbons (Fsp3) is 0.250. The van der Waals surface area contributed by atoms with Crippen molar-refractivity contribution < 1.29 is 14.8 Å². The molecule has 0 aromatic heterocycles. The van der Waals surface area contributed by atoms with E-state index in [0.717, 1.165) is 6.07 Å². The van der Waals surface area contributed by atoms with Gasteiger partial charge in [-0.3, -0.25) is 14.9 Å². The average Bonchev–Trinajstić information content (AvgIpc) is 2.34. The van der Waals surface area contributed by atoms with Crippen molar-refractivity contribution in [2.24, 2.45) is 0 Å². The lowest BCUT2D eigenvalue weighted by atomic mass is 10.1. The standard InChI is InChI=1S/C12H12N2O4/c1-2-3-4-8-13-12(16)9-6-5-7-10(11(9)15)14(17)18/h5-7,15H,4,8H2,1H3,(H,13,16). The Labute approximate surface area is 104 Å². The maximum atomic E-state index is 11.7. The molecule has 6 nitrogen and oxygen atoms in total. The Kier molecular flexibility index (Phi) is 4.69. The van der Waals surface area contributed by atoms with Gasteiger partial charge in [0.15, 0.2) is 0 Å². The molecule has 0 saturated carbocycles. The van der Waals surface area contributed by atoms with E-state index in [1.807, 2.05) is 0 Å². The van der Waals surface area contributed by atoms with Crippen LogP contribution in [0.1, 0.15) is 23.7 Å². The summed E-state index contributed by atoms with van der Waals surface area (Å²) < 4.78 is 0. The fourth-order valence-corrected chi connectivity index (χ4v) is 1.32. The van der Waals surface area contributed by atoms with Crippen LogP contribution < -0.4 is 5.32 Å². The van der Waals surface area contributed by atoms with Crippen LogP contribution in [0.5, 0.6) is 5.75 Å². The van der Waals surface area contributed by atoms with Gasteiger partial charge in [-0.05, 0) is 13.0 Å². The molecule has 0 radical (unpaired) electrons. The summed E-state index contributed by atoms with van der Waals surface area (Å²) in [6, 6.07) is 3.80. The van der Waals surface area contributed by atoms with Gasteiger partial charge in [0.05, 0.1) is 10.5 Å². The molecule has 1 rings (SSSR count). The number of nitro groups is 1. The summed E-state index contributed by atoms with van der Waals surface area (Å²) in [6.45, 7) is 2.01. The van der Waals surface area contributed by atoms with Crippen molar-refractivity contribution in [2.45, 2.75) is 13.3 Å². The Morgan fingerprint density at radius 1 is 1.56 bits per heavy atom. The van der Waals surface area contributed by atoms with Gasteiger partial charge in [0.1, 0.15) is 0 Å². The quantitative estimate of drug-likeness (QED) is 0.365. The third kappa shape index (κ3) is 3.22. The van der Waals surface area contributed by atoms with Crippen LogP contribution in [0.4, 0.5) is 5.69 Å². The summed E-state index contributed by atoms with van der Waals surface area (Å²) in [6.07, 6.45) is 0.484. The van der Waals surface area contributed by atoms with E-state index in [-0.39, 0.29) is 5.56 Å². The third-order valence-corrected chi connectivity index (χ3v) is 2.17. The number of nitrogens with zero attached hydrogens (tertiary/aromatic N) is 1. The van der Waals surface area contributed by atoms with Crippen LogP contribution in [0.3, 0.4) is 0 Å².